The Kier molecular flexibility index (Phi) is 4.24. The van der Waals surface area contributed by atoms with Crippen LogP contribution in [0.3, 0.4) is 0 Å². The van der Waals surface area contributed by atoms with Gasteiger partial charge in [0.25, 0.3) is 0 Å². The lowest BCUT2D eigenvalue weighted by molar-refractivity contribution is -0.146. The summed E-state index contributed by atoms with van der Waals surface area (Å²) in [5, 5.41) is 10.4. The Morgan fingerprint density at radius 3 is 2.40 bits per heavy atom. The van der Waals surface area contributed by atoms with E-state index in [1.165, 1.54) is 4.90 Å². The lowest BCUT2D eigenvalue weighted by Gasteiger charge is -2.33. The van der Waals surface area contributed by atoms with Crippen molar-refractivity contribution in [2.45, 2.75) is 71.3 Å². The first kappa shape index (κ1) is 15.5. The third-order valence-corrected chi connectivity index (χ3v) is 4.65. The highest BCUT2D eigenvalue weighted by Crippen LogP contribution is 2.45. The third-order valence-electron chi connectivity index (χ3n) is 4.65. The van der Waals surface area contributed by atoms with E-state index in [1.807, 2.05) is 13.8 Å². The second kappa shape index (κ2) is 5.47. The average Bonchev–Trinajstić information content (AvgIpc) is 2.53. The molecule has 0 radical (unpaired) electrons. The van der Waals surface area contributed by atoms with Gasteiger partial charge >= 0.3 is 0 Å². The van der Waals surface area contributed by atoms with Gasteiger partial charge in [-0.15, -0.1) is 0 Å². The SMILES string of the molecule is CC(C)CC(C)(O)CN1C(=O)CC2(CCCCC2)C1=O. The van der Waals surface area contributed by atoms with Crippen LogP contribution in [0.15, 0.2) is 0 Å². The van der Waals surface area contributed by atoms with Crippen LogP contribution in [0.1, 0.15) is 65.7 Å². The van der Waals surface area contributed by atoms with Crippen molar-refractivity contribution in [1.29, 1.82) is 0 Å². The summed E-state index contributed by atoms with van der Waals surface area (Å²) >= 11 is 0. The molecule has 114 valence electrons. The van der Waals surface area contributed by atoms with E-state index in [9.17, 15) is 14.7 Å². The van der Waals surface area contributed by atoms with Crippen molar-refractivity contribution >= 4 is 11.8 Å². The Morgan fingerprint density at radius 1 is 1.25 bits per heavy atom. The van der Waals surface area contributed by atoms with Gasteiger partial charge in [-0.1, -0.05) is 33.1 Å². The van der Waals surface area contributed by atoms with Gasteiger partial charge in [-0.2, -0.15) is 0 Å². The first-order valence-electron chi connectivity index (χ1n) is 7.83. The Morgan fingerprint density at radius 2 is 1.85 bits per heavy atom. The summed E-state index contributed by atoms with van der Waals surface area (Å²) in [5.74, 6) is 0.202. The summed E-state index contributed by atoms with van der Waals surface area (Å²) < 4.78 is 0. The molecule has 1 N–H and O–H groups in total. The molecule has 1 saturated carbocycles. The summed E-state index contributed by atoms with van der Waals surface area (Å²) in [6.45, 7) is 5.93. The monoisotopic (exact) mass is 281 g/mol. The summed E-state index contributed by atoms with van der Waals surface area (Å²) in [4.78, 5) is 26.2. The van der Waals surface area contributed by atoms with E-state index < -0.39 is 11.0 Å². The van der Waals surface area contributed by atoms with Crippen LogP contribution >= 0.6 is 0 Å². The maximum Gasteiger partial charge on any atom is 0.236 e. The Bertz CT molecular complexity index is 395. The maximum absolute atomic E-state index is 12.7. The van der Waals surface area contributed by atoms with Crippen LogP contribution in [0.5, 0.6) is 0 Å². The molecule has 0 aromatic carbocycles. The van der Waals surface area contributed by atoms with E-state index >= 15 is 0 Å². The highest BCUT2D eigenvalue weighted by Gasteiger charge is 2.52. The second-order valence-electron chi connectivity index (χ2n) is 7.40. The summed E-state index contributed by atoms with van der Waals surface area (Å²) in [6, 6.07) is 0. The van der Waals surface area contributed by atoms with Crippen LogP contribution in [0.25, 0.3) is 0 Å². The fourth-order valence-electron chi connectivity index (χ4n) is 3.92. The Balaban J connectivity index is 2.09. The van der Waals surface area contributed by atoms with Gasteiger partial charge in [0, 0.05) is 6.42 Å². The molecule has 1 heterocycles. The Labute approximate surface area is 121 Å². The number of likely N-dealkylation sites (tertiary alicyclic amines) is 1. The van der Waals surface area contributed by atoms with Crippen LogP contribution < -0.4 is 0 Å². The quantitative estimate of drug-likeness (QED) is 0.805. The molecule has 2 rings (SSSR count). The molecule has 0 bridgehead atoms. The van der Waals surface area contributed by atoms with Crippen molar-refractivity contribution in [2.24, 2.45) is 11.3 Å². The lowest BCUT2D eigenvalue weighted by atomic mass is 9.73. The maximum atomic E-state index is 12.7. The van der Waals surface area contributed by atoms with Crippen LogP contribution in [-0.2, 0) is 9.59 Å². The van der Waals surface area contributed by atoms with E-state index in [2.05, 4.69) is 0 Å². The number of amides is 2. The number of nitrogens with zero attached hydrogens (tertiary/aromatic N) is 1. The minimum absolute atomic E-state index is 0.0359. The number of carbonyl (C=O) groups excluding carboxylic acids is 2. The first-order chi connectivity index (χ1) is 9.26. The molecule has 4 heteroatoms. The molecule has 1 atom stereocenters. The van der Waals surface area contributed by atoms with E-state index in [0.29, 0.717) is 18.8 Å². The van der Waals surface area contributed by atoms with Crippen LogP contribution in [0, 0.1) is 11.3 Å². The van der Waals surface area contributed by atoms with Crippen molar-refractivity contribution in [3.63, 3.8) is 0 Å². The topological polar surface area (TPSA) is 57.6 Å². The molecule has 2 fully saturated rings. The van der Waals surface area contributed by atoms with Crippen molar-refractivity contribution < 1.29 is 14.7 Å². The summed E-state index contributed by atoms with van der Waals surface area (Å²) in [6.07, 6.45) is 5.85. The normalized spacial score (nSPS) is 25.6. The first-order valence-corrected chi connectivity index (χ1v) is 7.83. The zero-order chi connectivity index (χ0) is 15.0. The zero-order valence-electron chi connectivity index (χ0n) is 12.9. The third kappa shape index (κ3) is 3.05. The van der Waals surface area contributed by atoms with Gasteiger partial charge in [-0.3, -0.25) is 14.5 Å². The molecule has 0 aromatic heterocycles. The van der Waals surface area contributed by atoms with Gasteiger partial charge in [0.15, 0.2) is 0 Å². The van der Waals surface area contributed by atoms with Gasteiger partial charge in [0.2, 0.25) is 11.8 Å². The van der Waals surface area contributed by atoms with Crippen LogP contribution in [-0.4, -0.2) is 34.0 Å². The molecular formula is C16H27NO3. The standard InChI is InChI=1S/C16H27NO3/c1-12(2)9-15(3,20)11-17-13(18)10-16(14(17)19)7-5-4-6-8-16/h12,20H,4-11H2,1-3H3. The smallest absolute Gasteiger partial charge is 0.236 e. The van der Waals surface area contributed by atoms with E-state index in [0.717, 1.165) is 32.1 Å². The summed E-state index contributed by atoms with van der Waals surface area (Å²) in [7, 11) is 0. The average molecular weight is 281 g/mol. The van der Waals surface area contributed by atoms with Gasteiger partial charge in [0.05, 0.1) is 17.6 Å². The predicted molar refractivity (Wildman–Crippen MR) is 76.9 cm³/mol. The zero-order valence-corrected chi connectivity index (χ0v) is 12.9. The van der Waals surface area contributed by atoms with E-state index in [4.69, 9.17) is 0 Å². The van der Waals surface area contributed by atoms with Crippen LogP contribution in [0.2, 0.25) is 0 Å². The molecule has 1 spiro atoms. The second-order valence-corrected chi connectivity index (χ2v) is 7.40. The minimum Gasteiger partial charge on any atom is -0.388 e. The van der Waals surface area contributed by atoms with Crippen molar-refractivity contribution in [2.75, 3.05) is 6.54 Å². The number of rotatable bonds is 4. The molecule has 4 nitrogen and oxygen atoms in total. The highest BCUT2D eigenvalue weighted by molar-refractivity contribution is 6.06. The van der Waals surface area contributed by atoms with E-state index in [-0.39, 0.29) is 18.4 Å². The number of hydrogen-bond donors (Lipinski definition) is 1. The number of aliphatic hydroxyl groups is 1. The molecule has 1 aliphatic heterocycles. The summed E-state index contributed by atoms with van der Waals surface area (Å²) in [5.41, 5.74) is -1.43. The molecule has 2 aliphatic rings. The number of carbonyl (C=O) groups is 2. The largest absolute Gasteiger partial charge is 0.388 e. The van der Waals surface area contributed by atoms with Crippen LogP contribution in [0.4, 0.5) is 0 Å². The van der Waals surface area contributed by atoms with Crippen molar-refractivity contribution in [1.82, 2.24) is 4.90 Å². The van der Waals surface area contributed by atoms with Crippen molar-refractivity contribution in [3.8, 4) is 0 Å². The molecule has 2 amide bonds. The van der Waals surface area contributed by atoms with E-state index in [1.54, 1.807) is 6.92 Å². The molecule has 20 heavy (non-hydrogen) atoms. The number of imide groups is 1. The molecule has 0 aromatic rings. The van der Waals surface area contributed by atoms with Gasteiger partial charge in [-0.25, -0.2) is 0 Å². The fourth-order valence-corrected chi connectivity index (χ4v) is 3.92. The fraction of sp³-hybridized carbons (Fsp3) is 0.875. The van der Waals surface area contributed by atoms with Crippen molar-refractivity contribution in [3.05, 3.63) is 0 Å². The Hall–Kier alpha value is -0.900. The molecular weight excluding hydrogens is 254 g/mol. The lowest BCUT2D eigenvalue weighted by Crippen LogP contribution is -2.46. The number of β-amino-alcohol motifs (C(OH)–C–C–N with tert-alkyl or cyclic N) is 1. The highest BCUT2D eigenvalue weighted by atomic mass is 16.3. The van der Waals surface area contributed by atoms with Gasteiger partial charge < -0.3 is 5.11 Å². The van der Waals surface area contributed by atoms with Gasteiger partial charge in [0.1, 0.15) is 0 Å². The molecule has 1 saturated heterocycles. The van der Waals surface area contributed by atoms with Gasteiger partial charge in [-0.05, 0) is 32.1 Å². The molecule has 1 unspecified atom stereocenters. The number of hydrogen-bond acceptors (Lipinski definition) is 3. The predicted octanol–water partition coefficient (Wildman–Crippen LogP) is 2.49. The molecule has 1 aliphatic carbocycles. The minimum atomic E-state index is -0.986.